The lowest BCUT2D eigenvalue weighted by Gasteiger charge is -2.23. The van der Waals surface area contributed by atoms with Crippen molar-refractivity contribution in [1.82, 2.24) is 4.90 Å². The Bertz CT molecular complexity index is 299. The van der Waals surface area contributed by atoms with Gasteiger partial charge in [0.1, 0.15) is 13.5 Å². The summed E-state index contributed by atoms with van der Waals surface area (Å²) in [6.45, 7) is 5.55. The van der Waals surface area contributed by atoms with E-state index < -0.39 is 17.2 Å². The first-order valence-electron chi connectivity index (χ1n) is 6.17. The van der Waals surface area contributed by atoms with Gasteiger partial charge in [-0.25, -0.2) is 0 Å². The van der Waals surface area contributed by atoms with Crippen LogP contribution in [0.15, 0.2) is 24.5 Å². The van der Waals surface area contributed by atoms with Crippen LogP contribution in [0.5, 0.6) is 0 Å². The van der Waals surface area contributed by atoms with Crippen molar-refractivity contribution in [2.45, 2.75) is 19.8 Å². The first kappa shape index (κ1) is 20.9. The predicted molar refractivity (Wildman–Crippen MR) is 80.6 cm³/mol. The Kier molecular flexibility index (Phi) is 12.3. The van der Waals surface area contributed by atoms with Crippen molar-refractivity contribution in [3.63, 3.8) is 0 Å². The number of hydrogen-bond donors (Lipinski definition) is 5. The zero-order valence-electron chi connectivity index (χ0n) is 11.9. The van der Waals surface area contributed by atoms with Crippen LogP contribution in [0.4, 0.5) is 0 Å². The van der Waals surface area contributed by atoms with E-state index in [0.29, 0.717) is 19.4 Å². The Hall–Kier alpha value is -0.140. The summed E-state index contributed by atoms with van der Waals surface area (Å²) >= 11 is 0. The molecule has 8 nitrogen and oxygen atoms in total. The Morgan fingerprint density at radius 3 is 2.10 bits per heavy atom. The zero-order chi connectivity index (χ0) is 16.3. The molecule has 1 atom stereocenters. The molecule has 0 aliphatic rings. The topological polar surface area (TPSA) is 123 Å². The fourth-order valence-corrected chi connectivity index (χ4v) is 1.97. The first-order valence-corrected chi connectivity index (χ1v) is 8.50. The highest BCUT2D eigenvalue weighted by Gasteiger charge is 2.13. The van der Waals surface area contributed by atoms with Gasteiger partial charge in [-0.3, -0.25) is 13.9 Å². The average Bonchev–Trinajstić information content (AvgIpc) is 2.40. The molecule has 0 bridgehead atoms. The van der Waals surface area contributed by atoms with E-state index in [2.05, 4.69) is 15.6 Å². The van der Waals surface area contributed by atoms with Gasteiger partial charge in [-0.15, -0.1) is 6.58 Å². The summed E-state index contributed by atoms with van der Waals surface area (Å²) in [7, 11) is -4.97. The van der Waals surface area contributed by atoms with E-state index in [1.54, 1.807) is 24.0 Å². The highest BCUT2D eigenvalue weighted by Crippen LogP contribution is 2.27. The van der Waals surface area contributed by atoms with Gasteiger partial charge in [0, 0.05) is 6.54 Å². The summed E-state index contributed by atoms with van der Waals surface area (Å²) in [5, 5.41) is 9.13. The highest BCUT2D eigenvalue weighted by atomic mass is 31.2. The molecule has 0 fully saturated rings. The van der Waals surface area contributed by atoms with Crippen LogP contribution in [-0.4, -0.2) is 49.6 Å². The first-order chi connectivity index (χ1) is 9.85. The molecular formula is C11H23NO7P2. The number of aliphatic hydroxyl groups is 1. The molecule has 0 heterocycles. The smallest absolute Gasteiger partial charge is 0.328 e. The summed E-state index contributed by atoms with van der Waals surface area (Å²) in [4.78, 5) is 36.5. The lowest BCUT2D eigenvalue weighted by atomic mass is 10.0. The maximum Gasteiger partial charge on any atom is 0.328 e. The molecule has 0 saturated heterocycles. The third kappa shape index (κ3) is 13.3. The number of nitrogens with zero attached hydrogens (tertiary/aromatic N) is 1. The molecule has 21 heavy (non-hydrogen) atoms. The second-order valence-electron chi connectivity index (χ2n) is 4.28. The van der Waals surface area contributed by atoms with Gasteiger partial charge in [0.25, 0.3) is 0 Å². The minimum absolute atomic E-state index is 0.111. The van der Waals surface area contributed by atoms with E-state index in [4.69, 9.17) is 24.7 Å². The summed E-state index contributed by atoms with van der Waals surface area (Å²) < 4.78 is 9.38. The van der Waals surface area contributed by atoms with Gasteiger partial charge in [-0.05, 0) is 31.8 Å². The molecule has 0 aliphatic heterocycles. The number of allylic oxidation sites excluding steroid dienone is 3. The van der Waals surface area contributed by atoms with Crippen molar-refractivity contribution in [2.24, 2.45) is 5.92 Å². The Labute approximate surface area is 126 Å². The number of rotatable bonds is 12. The summed E-state index contributed by atoms with van der Waals surface area (Å²) in [6.07, 6.45) is 4.73. The van der Waals surface area contributed by atoms with E-state index in [0.717, 1.165) is 0 Å². The van der Waals surface area contributed by atoms with E-state index in [1.807, 2.05) is 0 Å². The van der Waals surface area contributed by atoms with Gasteiger partial charge in [0.15, 0.2) is 0 Å². The molecule has 5 N–H and O–H groups in total. The second-order valence-corrected chi connectivity index (χ2v) is 5.81. The second kappa shape index (κ2) is 12.4. The fraction of sp³-hybridized carbons (Fsp3) is 0.636. The van der Waals surface area contributed by atoms with Gasteiger partial charge in [0.05, 0.1) is 5.76 Å². The molecule has 0 amide bonds. The standard InChI is InChI=1S/C11H23NO7P2/c1-3-11(5-4-10(2)13)6-7-12(8-18-20(14)15)9-19-21(16)17/h3-4,11,13-17H,1,5-9H2,2H3/b10-4+/t11-/m1/s1. The molecule has 0 saturated carbocycles. The third-order valence-corrected chi connectivity index (χ3v) is 3.27. The van der Waals surface area contributed by atoms with Crippen molar-refractivity contribution in [2.75, 3.05) is 20.0 Å². The van der Waals surface area contributed by atoms with Crippen LogP contribution in [-0.2, 0) is 9.05 Å². The summed E-state index contributed by atoms with van der Waals surface area (Å²) in [6, 6.07) is 0. The largest absolute Gasteiger partial charge is 0.513 e. The van der Waals surface area contributed by atoms with Crippen LogP contribution in [0.1, 0.15) is 19.8 Å². The summed E-state index contributed by atoms with van der Waals surface area (Å²) in [5.74, 6) is 0.354. The van der Waals surface area contributed by atoms with Crippen molar-refractivity contribution in [3.05, 3.63) is 24.5 Å². The Morgan fingerprint density at radius 1 is 1.19 bits per heavy atom. The van der Waals surface area contributed by atoms with E-state index in [1.165, 1.54) is 0 Å². The minimum atomic E-state index is -2.48. The van der Waals surface area contributed by atoms with Crippen molar-refractivity contribution in [3.8, 4) is 0 Å². The third-order valence-electron chi connectivity index (χ3n) is 2.58. The number of hydrogen-bond acceptors (Lipinski definition) is 8. The molecule has 10 heteroatoms. The fourth-order valence-electron chi connectivity index (χ4n) is 1.44. The molecular weight excluding hydrogens is 320 g/mol. The van der Waals surface area contributed by atoms with Crippen LogP contribution < -0.4 is 0 Å². The molecule has 0 aromatic heterocycles. The van der Waals surface area contributed by atoms with E-state index in [-0.39, 0.29) is 25.1 Å². The maximum absolute atomic E-state index is 9.13. The monoisotopic (exact) mass is 343 g/mol. The molecule has 0 radical (unpaired) electrons. The summed E-state index contributed by atoms with van der Waals surface area (Å²) in [5.41, 5.74) is 0. The van der Waals surface area contributed by atoms with Crippen LogP contribution >= 0.6 is 17.2 Å². The normalized spacial score (nSPS) is 14.2. The molecule has 0 aromatic rings. The van der Waals surface area contributed by atoms with Gasteiger partial charge < -0.3 is 24.7 Å². The zero-order valence-corrected chi connectivity index (χ0v) is 13.7. The molecule has 0 aliphatic carbocycles. The Balaban J connectivity index is 4.28. The molecule has 0 rings (SSSR count). The van der Waals surface area contributed by atoms with Crippen molar-refractivity contribution >= 4 is 17.2 Å². The van der Waals surface area contributed by atoms with Gasteiger partial charge >= 0.3 is 17.2 Å². The van der Waals surface area contributed by atoms with E-state index >= 15 is 0 Å². The quantitative estimate of drug-likeness (QED) is 0.157. The minimum Gasteiger partial charge on any atom is -0.513 e. The van der Waals surface area contributed by atoms with Crippen LogP contribution in [0.2, 0.25) is 0 Å². The molecule has 0 aromatic carbocycles. The van der Waals surface area contributed by atoms with Gasteiger partial charge in [-0.2, -0.15) is 0 Å². The SMILES string of the molecule is C=C[C@H](C/C=C(\C)O)CCN(COP(O)O)COP(O)O. The van der Waals surface area contributed by atoms with Crippen LogP contribution in [0.3, 0.4) is 0 Å². The predicted octanol–water partition coefficient (Wildman–Crippen LogP) is 1.70. The lowest BCUT2D eigenvalue weighted by Crippen LogP contribution is -2.29. The van der Waals surface area contributed by atoms with Gasteiger partial charge in [-0.1, -0.05) is 6.08 Å². The number of aliphatic hydroxyl groups excluding tert-OH is 1. The maximum atomic E-state index is 9.13. The molecule has 0 unspecified atom stereocenters. The Morgan fingerprint density at radius 2 is 1.71 bits per heavy atom. The van der Waals surface area contributed by atoms with Crippen LogP contribution in [0, 0.1) is 5.92 Å². The van der Waals surface area contributed by atoms with Crippen molar-refractivity contribution < 1.29 is 33.7 Å². The molecule has 0 spiro atoms. The molecule has 124 valence electrons. The van der Waals surface area contributed by atoms with Gasteiger partial charge in [0.2, 0.25) is 0 Å². The highest BCUT2D eigenvalue weighted by molar-refractivity contribution is 7.39. The van der Waals surface area contributed by atoms with Crippen LogP contribution in [0.25, 0.3) is 0 Å². The van der Waals surface area contributed by atoms with Crippen molar-refractivity contribution in [1.29, 1.82) is 0 Å². The average molecular weight is 343 g/mol. The van der Waals surface area contributed by atoms with E-state index in [9.17, 15) is 0 Å². The lowest BCUT2D eigenvalue weighted by molar-refractivity contribution is 0.0393.